The van der Waals surface area contributed by atoms with E-state index in [-0.39, 0.29) is 12.0 Å². The molecule has 5 heteroatoms. The van der Waals surface area contributed by atoms with E-state index in [1.54, 1.807) is 12.1 Å². The molecule has 0 heterocycles. The number of carbonyl (C=O) groups excluding carboxylic acids is 1. The molecule has 20 heavy (non-hydrogen) atoms. The van der Waals surface area contributed by atoms with Crippen LogP contribution in [-0.4, -0.2) is 25.7 Å². The first-order valence-electron chi connectivity index (χ1n) is 6.82. The summed E-state index contributed by atoms with van der Waals surface area (Å²) in [4.78, 5) is 12.0. The van der Waals surface area contributed by atoms with Gasteiger partial charge in [-0.25, -0.2) is 0 Å². The molecule has 0 aromatic heterocycles. The largest absolute Gasteiger partial charge is 0.493 e. The smallest absolute Gasteiger partial charge is 0.251 e. The zero-order chi connectivity index (χ0) is 15.1. The van der Waals surface area contributed by atoms with Crippen LogP contribution in [0.1, 0.15) is 44.0 Å². The fourth-order valence-corrected chi connectivity index (χ4v) is 1.94. The van der Waals surface area contributed by atoms with Crippen LogP contribution in [-0.2, 0) is 0 Å². The topological polar surface area (TPSA) is 47.6 Å². The molecule has 0 atom stereocenters. The van der Waals surface area contributed by atoms with Crippen LogP contribution in [0.2, 0.25) is 5.02 Å². The van der Waals surface area contributed by atoms with Crippen molar-refractivity contribution in [1.29, 1.82) is 0 Å². The first-order valence-corrected chi connectivity index (χ1v) is 7.19. The second-order valence-corrected chi connectivity index (χ2v) is 5.17. The maximum absolute atomic E-state index is 12.0. The molecule has 1 N–H and O–H groups in total. The van der Waals surface area contributed by atoms with Crippen molar-refractivity contribution in [1.82, 2.24) is 5.32 Å². The average Bonchev–Trinajstić information content (AvgIpc) is 2.40. The van der Waals surface area contributed by atoms with Gasteiger partial charge in [0.25, 0.3) is 5.91 Å². The van der Waals surface area contributed by atoms with Crippen molar-refractivity contribution >= 4 is 17.5 Å². The summed E-state index contributed by atoms with van der Waals surface area (Å²) in [6.45, 7) is 6.53. The van der Waals surface area contributed by atoms with Crippen molar-refractivity contribution in [3.8, 4) is 11.5 Å². The van der Waals surface area contributed by atoms with Crippen molar-refractivity contribution in [2.75, 3.05) is 13.7 Å². The number of carbonyl (C=O) groups is 1. The molecule has 112 valence electrons. The molecule has 4 nitrogen and oxygen atoms in total. The molecule has 0 fully saturated rings. The number of hydrogen-bond acceptors (Lipinski definition) is 3. The minimum absolute atomic E-state index is 0.0226. The van der Waals surface area contributed by atoms with Gasteiger partial charge in [-0.15, -0.1) is 0 Å². The molecular formula is C15H22ClNO3. The van der Waals surface area contributed by atoms with E-state index >= 15 is 0 Å². The molecule has 0 aliphatic rings. The number of hydrogen-bond donors (Lipinski definition) is 1. The molecule has 1 amide bonds. The van der Waals surface area contributed by atoms with Crippen LogP contribution in [0.4, 0.5) is 0 Å². The number of nitrogens with one attached hydrogen (secondary N) is 1. The van der Waals surface area contributed by atoms with Gasteiger partial charge in [0.2, 0.25) is 0 Å². The normalized spacial score (nSPS) is 10.5. The highest BCUT2D eigenvalue weighted by molar-refractivity contribution is 6.32. The van der Waals surface area contributed by atoms with E-state index in [9.17, 15) is 4.79 Å². The van der Waals surface area contributed by atoms with Gasteiger partial charge in [0.1, 0.15) is 0 Å². The molecule has 1 aromatic rings. The Morgan fingerprint density at radius 2 is 2.10 bits per heavy atom. The van der Waals surface area contributed by atoms with Gasteiger partial charge < -0.3 is 14.8 Å². The monoisotopic (exact) mass is 299 g/mol. The van der Waals surface area contributed by atoms with Crippen LogP contribution in [0.3, 0.4) is 0 Å². The first-order chi connectivity index (χ1) is 9.49. The van der Waals surface area contributed by atoms with Crippen LogP contribution in [0, 0.1) is 0 Å². The Kier molecular flexibility index (Phi) is 6.65. The summed E-state index contributed by atoms with van der Waals surface area (Å²) in [7, 11) is 1.53. The summed E-state index contributed by atoms with van der Waals surface area (Å²) in [5.41, 5.74) is 0.471. The summed E-state index contributed by atoms with van der Waals surface area (Å²) < 4.78 is 10.9. The quantitative estimate of drug-likeness (QED) is 0.782. The van der Waals surface area contributed by atoms with Crippen LogP contribution < -0.4 is 14.8 Å². The standard InChI is InChI=1S/C15H22ClNO3/c1-5-6-7-17-15(18)11-8-12(16)14(20-10(2)3)13(9-11)19-4/h8-10H,5-7H2,1-4H3,(H,17,18). The highest BCUT2D eigenvalue weighted by Gasteiger charge is 2.16. The summed E-state index contributed by atoms with van der Waals surface area (Å²) >= 11 is 6.18. The van der Waals surface area contributed by atoms with Crippen LogP contribution in [0.25, 0.3) is 0 Å². The zero-order valence-electron chi connectivity index (χ0n) is 12.5. The lowest BCUT2D eigenvalue weighted by atomic mass is 10.1. The molecule has 0 aliphatic heterocycles. The van der Waals surface area contributed by atoms with E-state index in [1.165, 1.54) is 7.11 Å². The van der Waals surface area contributed by atoms with E-state index in [2.05, 4.69) is 12.2 Å². The van der Waals surface area contributed by atoms with Crippen LogP contribution in [0.15, 0.2) is 12.1 Å². The number of ether oxygens (including phenoxy) is 2. The summed E-state index contributed by atoms with van der Waals surface area (Å²) in [6, 6.07) is 3.24. The van der Waals surface area contributed by atoms with Crippen molar-refractivity contribution in [3.05, 3.63) is 22.7 Å². The fourth-order valence-electron chi connectivity index (χ4n) is 1.68. The molecule has 1 aromatic carbocycles. The lowest BCUT2D eigenvalue weighted by Crippen LogP contribution is -2.24. The molecule has 0 spiro atoms. The molecule has 1 rings (SSSR count). The number of rotatable bonds is 7. The van der Waals surface area contributed by atoms with Gasteiger partial charge in [0.05, 0.1) is 18.2 Å². The van der Waals surface area contributed by atoms with Gasteiger partial charge in [-0.2, -0.15) is 0 Å². The molecule has 0 aliphatic carbocycles. The lowest BCUT2D eigenvalue weighted by molar-refractivity contribution is 0.0952. The Morgan fingerprint density at radius 1 is 1.40 bits per heavy atom. The third-order valence-corrected chi connectivity index (χ3v) is 2.94. The van der Waals surface area contributed by atoms with Gasteiger partial charge in [-0.3, -0.25) is 4.79 Å². The van der Waals surface area contributed by atoms with Crippen LogP contribution >= 0.6 is 11.6 Å². The molecule has 0 bridgehead atoms. The molecule has 0 radical (unpaired) electrons. The number of unbranched alkanes of at least 4 members (excludes halogenated alkanes) is 1. The number of amides is 1. The van der Waals surface area contributed by atoms with Gasteiger partial charge in [0, 0.05) is 12.1 Å². The van der Waals surface area contributed by atoms with Crippen molar-refractivity contribution < 1.29 is 14.3 Å². The van der Waals surface area contributed by atoms with Gasteiger partial charge >= 0.3 is 0 Å². The Hall–Kier alpha value is -1.42. The number of halogens is 1. The third kappa shape index (κ3) is 4.60. The van der Waals surface area contributed by atoms with Gasteiger partial charge in [-0.1, -0.05) is 24.9 Å². The minimum Gasteiger partial charge on any atom is -0.493 e. The van der Waals surface area contributed by atoms with E-state index in [1.807, 2.05) is 13.8 Å². The molecular weight excluding hydrogens is 278 g/mol. The highest BCUT2D eigenvalue weighted by Crippen LogP contribution is 2.37. The maximum Gasteiger partial charge on any atom is 0.251 e. The lowest BCUT2D eigenvalue weighted by Gasteiger charge is -2.16. The van der Waals surface area contributed by atoms with E-state index in [4.69, 9.17) is 21.1 Å². The Bertz CT molecular complexity index is 461. The summed E-state index contributed by atoms with van der Waals surface area (Å²) in [5, 5.41) is 3.22. The first kappa shape index (κ1) is 16.6. The maximum atomic E-state index is 12.0. The van der Waals surface area contributed by atoms with E-state index in [0.29, 0.717) is 28.6 Å². The van der Waals surface area contributed by atoms with Gasteiger partial charge in [-0.05, 0) is 32.4 Å². The van der Waals surface area contributed by atoms with Crippen molar-refractivity contribution in [2.45, 2.75) is 39.7 Å². The Labute approximate surface area is 125 Å². The third-order valence-electron chi connectivity index (χ3n) is 2.66. The summed E-state index contributed by atoms with van der Waals surface area (Å²) in [5.74, 6) is 0.774. The van der Waals surface area contributed by atoms with Gasteiger partial charge in [0.15, 0.2) is 11.5 Å². The predicted octanol–water partition coefficient (Wildman–Crippen LogP) is 3.67. The highest BCUT2D eigenvalue weighted by atomic mass is 35.5. The Balaban J connectivity index is 2.95. The number of benzene rings is 1. The second-order valence-electron chi connectivity index (χ2n) is 4.77. The molecule has 0 saturated heterocycles. The van der Waals surface area contributed by atoms with Crippen molar-refractivity contribution in [3.63, 3.8) is 0 Å². The second kappa shape index (κ2) is 8.00. The Morgan fingerprint density at radius 3 is 2.65 bits per heavy atom. The predicted molar refractivity (Wildman–Crippen MR) is 81.0 cm³/mol. The van der Waals surface area contributed by atoms with E-state index in [0.717, 1.165) is 12.8 Å². The number of methoxy groups -OCH3 is 1. The fraction of sp³-hybridized carbons (Fsp3) is 0.533. The van der Waals surface area contributed by atoms with E-state index < -0.39 is 0 Å². The summed E-state index contributed by atoms with van der Waals surface area (Å²) in [6.07, 6.45) is 1.96. The minimum atomic E-state index is -0.158. The molecule has 0 saturated carbocycles. The van der Waals surface area contributed by atoms with Crippen molar-refractivity contribution in [2.24, 2.45) is 0 Å². The molecule has 0 unspecified atom stereocenters. The van der Waals surface area contributed by atoms with Crippen LogP contribution in [0.5, 0.6) is 11.5 Å². The zero-order valence-corrected chi connectivity index (χ0v) is 13.2. The SMILES string of the molecule is CCCCNC(=O)c1cc(Cl)c(OC(C)C)c(OC)c1. The average molecular weight is 300 g/mol.